The Labute approximate surface area is 180 Å². The highest BCUT2D eigenvalue weighted by atomic mass is 32.2. The molecule has 6 nitrogen and oxygen atoms in total. The van der Waals surface area contributed by atoms with Gasteiger partial charge in [0.2, 0.25) is 15.9 Å². The van der Waals surface area contributed by atoms with Gasteiger partial charge in [-0.15, -0.1) is 0 Å². The summed E-state index contributed by atoms with van der Waals surface area (Å²) < 4.78 is 26.8. The van der Waals surface area contributed by atoms with Crippen molar-refractivity contribution >= 4 is 22.0 Å². The Bertz CT molecular complexity index is 834. The Hall–Kier alpha value is -1.70. The third-order valence-corrected chi connectivity index (χ3v) is 8.43. The number of hydrogen-bond acceptors (Lipinski definition) is 4. The second kappa shape index (κ2) is 9.62. The standard InChI is InChI=1S/C23H33N3O3S/c27-23(25-17-15-24(16-18-25)22-8-4-5-9-22)21-10-13-26(14-11-21)30(28,29)19-12-20-6-2-1-3-7-20/h1-3,6-7,12,19,21-22H,4-5,8-11,13-18H2/b19-12+. The quantitative estimate of drug-likeness (QED) is 0.719. The van der Waals surface area contributed by atoms with E-state index in [4.69, 9.17) is 0 Å². The topological polar surface area (TPSA) is 60.9 Å². The molecule has 2 aliphatic heterocycles. The molecule has 0 N–H and O–H groups in total. The van der Waals surface area contributed by atoms with Gasteiger partial charge >= 0.3 is 0 Å². The van der Waals surface area contributed by atoms with Crippen LogP contribution in [0, 0.1) is 5.92 Å². The number of carbonyl (C=O) groups is 1. The molecule has 0 bridgehead atoms. The van der Waals surface area contributed by atoms with Crippen LogP contribution < -0.4 is 0 Å². The van der Waals surface area contributed by atoms with Crippen molar-refractivity contribution < 1.29 is 13.2 Å². The van der Waals surface area contributed by atoms with Gasteiger partial charge in [-0.05, 0) is 37.3 Å². The molecular formula is C23H33N3O3S. The van der Waals surface area contributed by atoms with Crippen molar-refractivity contribution in [1.29, 1.82) is 0 Å². The molecule has 1 saturated carbocycles. The van der Waals surface area contributed by atoms with Crippen molar-refractivity contribution in [3.05, 3.63) is 41.3 Å². The number of piperazine rings is 1. The fourth-order valence-electron chi connectivity index (χ4n) is 5.01. The van der Waals surface area contributed by atoms with Crippen LogP contribution in [0.25, 0.3) is 6.08 Å². The van der Waals surface area contributed by atoms with Crippen molar-refractivity contribution in [3.8, 4) is 0 Å². The van der Waals surface area contributed by atoms with Crippen molar-refractivity contribution in [2.75, 3.05) is 39.3 Å². The highest BCUT2D eigenvalue weighted by molar-refractivity contribution is 7.92. The molecule has 7 heteroatoms. The van der Waals surface area contributed by atoms with Gasteiger partial charge in [0.05, 0.1) is 0 Å². The molecule has 1 amide bonds. The summed E-state index contributed by atoms with van der Waals surface area (Å²) in [5, 5.41) is 1.28. The summed E-state index contributed by atoms with van der Waals surface area (Å²) in [4.78, 5) is 17.5. The molecule has 1 aromatic rings. The summed E-state index contributed by atoms with van der Waals surface area (Å²) in [6, 6.07) is 10.2. The van der Waals surface area contributed by atoms with Crippen LogP contribution in [0.1, 0.15) is 44.1 Å². The van der Waals surface area contributed by atoms with Crippen LogP contribution in [0.2, 0.25) is 0 Å². The maximum absolute atomic E-state index is 13.0. The van der Waals surface area contributed by atoms with E-state index in [-0.39, 0.29) is 11.8 Å². The van der Waals surface area contributed by atoms with Crippen LogP contribution in [0.5, 0.6) is 0 Å². The predicted molar refractivity (Wildman–Crippen MR) is 119 cm³/mol. The van der Waals surface area contributed by atoms with Gasteiger partial charge < -0.3 is 4.90 Å². The Morgan fingerprint density at radius 2 is 1.50 bits per heavy atom. The zero-order chi connectivity index (χ0) is 21.0. The van der Waals surface area contributed by atoms with E-state index in [0.29, 0.717) is 25.9 Å². The summed E-state index contributed by atoms with van der Waals surface area (Å²) in [6.07, 6.45) is 8.15. The van der Waals surface area contributed by atoms with Gasteiger partial charge in [-0.25, -0.2) is 8.42 Å². The van der Waals surface area contributed by atoms with Crippen LogP contribution in [0.4, 0.5) is 0 Å². The predicted octanol–water partition coefficient (Wildman–Crippen LogP) is 2.79. The van der Waals surface area contributed by atoms with Gasteiger partial charge in [-0.3, -0.25) is 9.69 Å². The highest BCUT2D eigenvalue weighted by Gasteiger charge is 2.34. The molecule has 3 aliphatic rings. The van der Waals surface area contributed by atoms with E-state index >= 15 is 0 Å². The lowest BCUT2D eigenvalue weighted by molar-refractivity contribution is -0.138. The van der Waals surface area contributed by atoms with E-state index < -0.39 is 10.0 Å². The number of benzene rings is 1. The second-order valence-electron chi connectivity index (χ2n) is 8.73. The zero-order valence-corrected chi connectivity index (χ0v) is 18.5. The summed E-state index contributed by atoms with van der Waals surface area (Å²) in [5.74, 6) is 0.172. The third-order valence-electron chi connectivity index (χ3n) is 6.86. The minimum atomic E-state index is -3.45. The fourth-order valence-corrected chi connectivity index (χ4v) is 6.23. The molecule has 0 spiro atoms. The number of amides is 1. The van der Waals surface area contributed by atoms with E-state index in [1.165, 1.54) is 35.4 Å². The minimum Gasteiger partial charge on any atom is -0.340 e. The maximum atomic E-state index is 13.0. The Morgan fingerprint density at radius 3 is 2.13 bits per heavy atom. The lowest BCUT2D eigenvalue weighted by Gasteiger charge is -2.40. The number of carbonyl (C=O) groups excluding carboxylic acids is 1. The molecule has 4 rings (SSSR count). The van der Waals surface area contributed by atoms with Crippen molar-refractivity contribution in [1.82, 2.24) is 14.1 Å². The normalized spacial score (nSPS) is 23.4. The number of hydrogen-bond donors (Lipinski definition) is 0. The molecule has 1 aliphatic carbocycles. The van der Waals surface area contributed by atoms with Gasteiger partial charge in [0.25, 0.3) is 0 Å². The van der Waals surface area contributed by atoms with E-state index in [9.17, 15) is 13.2 Å². The second-order valence-corrected chi connectivity index (χ2v) is 10.5. The van der Waals surface area contributed by atoms with Crippen LogP contribution >= 0.6 is 0 Å². The Kier molecular flexibility index (Phi) is 6.91. The van der Waals surface area contributed by atoms with Gasteiger partial charge in [-0.1, -0.05) is 43.2 Å². The van der Waals surface area contributed by atoms with Crippen LogP contribution in [-0.2, 0) is 14.8 Å². The zero-order valence-electron chi connectivity index (χ0n) is 17.7. The third kappa shape index (κ3) is 5.13. The molecule has 2 saturated heterocycles. The average molecular weight is 432 g/mol. The van der Waals surface area contributed by atoms with E-state index in [0.717, 1.165) is 37.8 Å². The number of rotatable bonds is 5. The van der Waals surface area contributed by atoms with Crippen LogP contribution in [0.15, 0.2) is 35.7 Å². The summed E-state index contributed by atoms with van der Waals surface area (Å²) in [5.41, 5.74) is 0.864. The van der Waals surface area contributed by atoms with Gasteiger partial charge in [0.1, 0.15) is 0 Å². The molecule has 0 atom stereocenters. The van der Waals surface area contributed by atoms with Crippen LogP contribution in [0.3, 0.4) is 0 Å². The minimum absolute atomic E-state index is 0.0485. The Balaban J connectivity index is 1.26. The summed E-state index contributed by atoms with van der Waals surface area (Å²) in [7, 11) is -3.45. The SMILES string of the molecule is O=C(C1CCN(S(=O)(=O)/C=C/c2ccccc2)CC1)N1CCN(C2CCCC2)CC1. The number of nitrogens with zero attached hydrogens (tertiary/aromatic N) is 3. The molecule has 0 unspecified atom stereocenters. The maximum Gasteiger partial charge on any atom is 0.236 e. The first-order valence-corrected chi connectivity index (χ1v) is 12.8. The number of piperidine rings is 1. The van der Waals surface area contributed by atoms with Crippen molar-refractivity contribution in [2.24, 2.45) is 5.92 Å². The Morgan fingerprint density at radius 1 is 0.867 bits per heavy atom. The summed E-state index contributed by atoms with van der Waals surface area (Å²) >= 11 is 0. The first-order valence-electron chi connectivity index (χ1n) is 11.3. The van der Waals surface area contributed by atoms with Gasteiger partial charge in [-0.2, -0.15) is 4.31 Å². The van der Waals surface area contributed by atoms with Gasteiger partial charge in [0.15, 0.2) is 0 Å². The summed E-state index contributed by atoms with van der Waals surface area (Å²) in [6.45, 7) is 4.42. The molecule has 0 radical (unpaired) electrons. The van der Waals surface area contributed by atoms with Crippen molar-refractivity contribution in [2.45, 2.75) is 44.6 Å². The largest absolute Gasteiger partial charge is 0.340 e. The van der Waals surface area contributed by atoms with Crippen LogP contribution in [-0.4, -0.2) is 73.7 Å². The first kappa shape index (κ1) is 21.5. The fraction of sp³-hybridized carbons (Fsp3) is 0.609. The van der Waals surface area contributed by atoms with Gasteiger partial charge in [0, 0.05) is 56.6 Å². The number of sulfonamides is 1. The molecule has 2 heterocycles. The molecule has 164 valence electrons. The molecule has 30 heavy (non-hydrogen) atoms. The highest BCUT2D eigenvalue weighted by Crippen LogP contribution is 2.26. The molecule has 1 aromatic carbocycles. The van der Waals surface area contributed by atoms with E-state index in [1.807, 2.05) is 35.2 Å². The lowest BCUT2D eigenvalue weighted by Crippen LogP contribution is -2.53. The first-order chi connectivity index (χ1) is 14.5. The lowest BCUT2D eigenvalue weighted by atomic mass is 9.96. The van der Waals surface area contributed by atoms with E-state index in [1.54, 1.807) is 6.08 Å². The molecule has 3 fully saturated rings. The molecule has 0 aromatic heterocycles. The smallest absolute Gasteiger partial charge is 0.236 e. The monoisotopic (exact) mass is 431 g/mol. The van der Waals surface area contributed by atoms with E-state index in [2.05, 4.69) is 4.90 Å². The molecular weight excluding hydrogens is 398 g/mol. The average Bonchev–Trinajstić information content (AvgIpc) is 3.33. The van der Waals surface area contributed by atoms with Crippen molar-refractivity contribution in [3.63, 3.8) is 0 Å².